The van der Waals surface area contributed by atoms with Crippen molar-refractivity contribution >= 4 is 23.6 Å². The summed E-state index contributed by atoms with van der Waals surface area (Å²) in [7, 11) is 0. The van der Waals surface area contributed by atoms with Gasteiger partial charge in [0, 0.05) is 57.5 Å². The first-order valence-electron chi connectivity index (χ1n) is 12.8. The first-order valence-corrected chi connectivity index (χ1v) is 12.8. The molecule has 8 nitrogen and oxygen atoms in total. The second kappa shape index (κ2) is 12.2. The number of nitrogens with one attached hydrogen (secondary N) is 1. The molecule has 1 aliphatic heterocycles. The van der Waals surface area contributed by atoms with Gasteiger partial charge in [-0.05, 0) is 41.8 Å². The largest absolute Gasteiger partial charge is 0.511 e. The number of carbonyl (C=O) groups is 2. The number of hydrogen-bond acceptors (Lipinski definition) is 7. The zero-order valence-corrected chi connectivity index (χ0v) is 21.7. The van der Waals surface area contributed by atoms with E-state index in [1.54, 1.807) is 0 Å². The van der Waals surface area contributed by atoms with Crippen molar-refractivity contribution in [1.82, 2.24) is 9.80 Å². The lowest BCUT2D eigenvalue weighted by molar-refractivity contribution is -0.118. The molecule has 0 atom stereocenters. The van der Waals surface area contributed by atoms with E-state index in [2.05, 4.69) is 20.1 Å². The molecular formula is C29H36N4O4. The van der Waals surface area contributed by atoms with Gasteiger partial charge < -0.3 is 15.2 Å². The Hall–Kier alpha value is -3.49. The van der Waals surface area contributed by atoms with E-state index in [0.717, 1.165) is 44.2 Å². The summed E-state index contributed by atoms with van der Waals surface area (Å²) in [5.74, 6) is 1.55. The fourth-order valence-corrected chi connectivity index (χ4v) is 4.61. The number of para-hydroxylation sites is 1. The molecule has 0 saturated carbocycles. The number of amides is 1. The van der Waals surface area contributed by atoms with Crippen molar-refractivity contribution in [2.24, 2.45) is 10.4 Å². The van der Waals surface area contributed by atoms with E-state index in [0.29, 0.717) is 37.3 Å². The molecule has 1 aliphatic carbocycles. The second-order valence-corrected chi connectivity index (χ2v) is 10.4. The van der Waals surface area contributed by atoms with Crippen LogP contribution in [0.5, 0.6) is 11.5 Å². The summed E-state index contributed by atoms with van der Waals surface area (Å²) >= 11 is 0. The molecule has 0 aromatic heterocycles. The van der Waals surface area contributed by atoms with Gasteiger partial charge in [0.2, 0.25) is 5.91 Å². The molecule has 1 amide bonds. The summed E-state index contributed by atoms with van der Waals surface area (Å²) in [6.45, 7) is 8.99. The second-order valence-electron chi connectivity index (χ2n) is 10.4. The number of nitrogens with zero attached hydrogens (tertiary/aromatic N) is 3. The number of ether oxygens (including phenoxy) is 1. The maximum absolute atomic E-state index is 12.5. The SMILES string of the molecule is CC1(C)CC(=O)C(C=NCCN2CCN(CC(=O)Nc3ccc(Oc4ccccc4)cc3)CC2)=C(O)C1. The van der Waals surface area contributed by atoms with Crippen molar-refractivity contribution in [3.05, 3.63) is 65.9 Å². The highest BCUT2D eigenvalue weighted by molar-refractivity contribution is 6.14. The Labute approximate surface area is 218 Å². The van der Waals surface area contributed by atoms with Crippen LogP contribution in [0.1, 0.15) is 26.7 Å². The van der Waals surface area contributed by atoms with Gasteiger partial charge >= 0.3 is 0 Å². The van der Waals surface area contributed by atoms with Crippen LogP contribution >= 0.6 is 0 Å². The van der Waals surface area contributed by atoms with Crippen LogP contribution in [0, 0.1) is 5.41 Å². The van der Waals surface area contributed by atoms with Gasteiger partial charge in [-0.15, -0.1) is 0 Å². The van der Waals surface area contributed by atoms with Crippen LogP contribution in [0.4, 0.5) is 5.69 Å². The molecule has 2 N–H and O–H groups in total. The molecule has 2 aromatic rings. The molecule has 0 bridgehead atoms. The van der Waals surface area contributed by atoms with Crippen LogP contribution in [-0.2, 0) is 9.59 Å². The average Bonchev–Trinajstić information content (AvgIpc) is 2.85. The summed E-state index contributed by atoms with van der Waals surface area (Å²) in [5.41, 5.74) is 0.897. The van der Waals surface area contributed by atoms with Crippen molar-refractivity contribution in [2.75, 3.05) is 51.1 Å². The maximum atomic E-state index is 12.5. The van der Waals surface area contributed by atoms with Gasteiger partial charge in [0.25, 0.3) is 0 Å². The van der Waals surface area contributed by atoms with Crippen molar-refractivity contribution < 1.29 is 19.4 Å². The zero-order chi connectivity index (χ0) is 26.3. The van der Waals surface area contributed by atoms with Crippen molar-refractivity contribution in [1.29, 1.82) is 0 Å². The number of rotatable bonds is 9. The van der Waals surface area contributed by atoms with E-state index < -0.39 is 0 Å². The molecule has 4 rings (SSSR count). The van der Waals surface area contributed by atoms with Crippen LogP contribution in [-0.4, -0.2) is 78.6 Å². The van der Waals surface area contributed by atoms with E-state index in [-0.39, 0.29) is 22.9 Å². The molecular weight excluding hydrogens is 468 g/mol. The number of ketones is 1. The van der Waals surface area contributed by atoms with Crippen LogP contribution in [0.2, 0.25) is 0 Å². The monoisotopic (exact) mass is 504 g/mol. The minimum Gasteiger partial charge on any atom is -0.511 e. The van der Waals surface area contributed by atoms with Crippen molar-refractivity contribution in [3.8, 4) is 11.5 Å². The smallest absolute Gasteiger partial charge is 0.238 e. The number of hydrogen-bond donors (Lipinski definition) is 2. The molecule has 196 valence electrons. The fourth-order valence-electron chi connectivity index (χ4n) is 4.61. The molecule has 0 spiro atoms. The molecule has 2 aliphatic rings. The van der Waals surface area contributed by atoms with E-state index in [9.17, 15) is 14.7 Å². The molecule has 2 aromatic carbocycles. The Morgan fingerprint density at radius 2 is 1.65 bits per heavy atom. The Balaban J connectivity index is 1.14. The van der Waals surface area contributed by atoms with E-state index in [4.69, 9.17) is 4.74 Å². The maximum Gasteiger partial charge on any atom is 0.238 e. The predicted molar refractivity (Wildman–Crippen MR) is 146 cm³/mol. The number of benzene rings is 2. The van der Waals surface area contributed by atoms with Crippen molar-refractivity contribution in [2.45, 2.75) is 26.7 Å². The van der Waals surface area contributed by atoms with Crippen LogP contribution in [0.15, 0.2) is 70.9 Å². The van der Waals surface area contributed by atoms with E-state index in [1.807, 2.05) is 68.4 Å². The number of Topliss-reactive ketones (excluding diaryl/α,β-unsaturated/α-hetero) is 1. The topological polar surface area (TPSA) is 94.5 Å². The number of allylic oxidation sites excluding steroid dienone is 2. The summed E-state index contributed by atoms with van der Waals surface area (Å²) in [4.78, 5) is 33.6. The third-order valence-electron chi connectivity index (χ3n) is 6.61. The van der Waals surface area contributed by atoms with Gasteiger partial charge in [-0.1, -0.05) is 32.0 Å². The Kier molecular flexibility index (Phi) is 8.74. The minimum absolute atomic E-state index is 0.0387. The number of anilines is 1. The van der Waals surface area contributed by atoms with Crippen LogP contribution in [0.3, 0.4) is 0 Å². The molecule has 0 unspecified atom stereocenters. The first kappa shape index (κ1) is 26.6. The first-order chi connectivity index (χ1) is 17.8. The van der Waals surface area contributed by atoms with Crippen LogP contribution < -0.4 is 10.1 Å². The molecule has 1 fully saturated rings. The standard InChI is InChI=1S/C29H36N4O4/c1-29(2)18-26(34)25(27(35)19-29)20-30-12-13-32-14-16-33(17-15-32)21-28(36)31-22-8-10-24(11-9-22)37-23-6-4-3-5-7-23/h3-11,20,34H,12-19,21H2,1-2H3,(H,31,36). The number of piperazine rings is 1. The van der Waals surface area contributed by atoms with Gasteiger partial charge in [0.05, 0.1) is 18.7 Å². The number of carbonyl (C=O) groups excluding carboxylic acids is 2. The lowest BCUT2D eigenvalue weighted by atomic mass is 9.77. The third-order valence-corrected chi connectivity index (χ3v) is 6.61. The lowest BCUT2D eigenvalue weighted by Gasteiger charge is -2.33. The highest BCUT2D eigenvalue weighted by atomic mass is 16.5. The minimum atomic E-state index is -0.197. The normalized spacial score (nSPS) is 18.8. The third kappa shape index (κ3) is 8.00. The van der Waals surface area contributed by atoms with Gasteiger partial charge in [-0.3, -0.25) is 24.4 Å². The average molecular weight is 505 g/mol. The molecule has 0 radical (unpaired) electrons. The summed E-state index contributed by atoms with van der Waals surface area (Å²) in [6, 6.07) is 16.9. The number of aliphatic hydroxyl groups excluding tert-OH is 1. The number of aliphatic imine (C=N–C) groups is 1. The molecule has 1 saturated heterocycles. The molecule has 37 heavy (non-hydrogen) atoms. The fraction of sp³-hybridized carbons (Fsp3) is 0.414. The number of aliphatic hydroxyl groups is 1. The van der Waals surface area contributed by atoms with E-state index in [1.165, 1.54) is 6.21 Å². The van der Waals surface area contributed by atoms with Gasteiger partial charge in [-0.2, -0.15) is 0 Å². The summed E-state index contributed by atoms with van der Waals surface area (Å²) < 4.78 is 5.79. The Bertz CT molecular complexity index is 1130. The lowest BCUT2D eigenvalue weighted by Crippen LogP contribution is -2.49. The zero-order valence-electron chi connectivity index (χ0n) is 21.7. The Morgan fingerprint density at radius 1 is 1.00 bits per heavy atom. The quantitative estimate of drug-likeness (QED) is 0.495. The predicted octanol–water partition coefficient (Wildman–Crippen LogP) is 4.31. The highest BCUT2D eigenvalue weighted by Crippen LogP contribution is 2.35. The molecule has 8 heteroatoms. The highest BCUT2D eigenvalue weighted by Gasteiger charge is 2.32. The van der Waals surface area contributed by atoms with E-state index >= 15 is 0 Å². The van der Waals surface area contributed by atoms with Crippen molar-refractivity contribution in [3.63, 3.8) is 0 Å². The van der Waals surface area contributed by atoms with Gasteiger partial charge in [0.1, 0.15) is 17.3 Å². The Morgan fingerprint density at radius 3 is 2.32 bits per heavy atom. The summed E-state index contributed by atoms with van der Waals surface area (Å²) in [6.07, 6.45) is 2.47. The molecule has 1 heterocycles. The van der Waals surface area contributed by atoms with Gasteiger partial charge in [-0.25, -0.2) is 0 Å². The van der Waals surface area contributed by atoms with Gasteiger partial charge in [0.15, 0.2) is 5.78 Å². The summed E-state index contributed by atoms with van der Waals surface area (Å²) in [5, 5.41) is 13.2. The van der Waals surface area contributed by atoms with Crippen LogP contribution in [0.25, 0.3) is 0 Å².